The molecule has 158 valence electrons. The quantitative estimate of drug-likeness (QED) is 0.379. The molecular weight excluding hydrogens is 479 g/mol. The van der Waals surface area contributed by atoms with Gasteiger partial charge in [-0.2, -0.15) is 5.10 Å². The van der Waals surface area contributed by atoms with Crippen LogP contribution in [-0.4, -0.2) is 78.0 Å². The molecule has 0 spiro atoms. The molecule has 3 heterocycles. The Morgan fingerprint density at radius 1 is 1.21 bits per heavy atom. The van der Waals surface area contributed by atoms with E-state index in [1.807, 2.05) is 30.2 Å². The first kappa shape index (κ1) is 22.0. The molecule has 0 radical (unpaired) electrons. The predicted octanol–water partition coefficient (Wildman–Crippen LogP) is 2.03. The number of halogens is 1. The number of hydrogen-bond acceptors (Lipinski definition) is 4. The number of nitrogens with zero attached hydrogens (tertiary/aromatic N) is 5. The Bertz CT molecular complexity index is 775. The number of benzene rings is 1. The monoisotopic (exact) mass is 510 g/mol. The minimum absolute atomic E-state index is 0. The summed E-state index contributed by atoms with van der Waals surface area (Å²) < 4.78 is 7.43. The molecule has 2 fully saturated rings. The summed E-state index contributed by atoms with van der Waals surface area (Å²) >= 11 is 0. The van der Waals surface area contributed by atoms with Crippen LogP contribution < -0.4 is 5.32 Å². The number of guanidine groups is 1. The lowest BCUT2D eigenvalue weighted by atomic mass is 10.1. The minimum Gasteiger partial charge on any atom is -0.379 e. The predicted molar refractivity (Wildman–Crippen MR) is 126 cm³/mol. The summed E-state index contributed by atoms with van der Waals surface area (Å²) in [5, 5.41) is 7.84. The standard InChI is InChI=1S/C21H30N6O.HI/c1-22-21(26-9-6-20(17-26)25-10-12-28-13-11-25)23-15-18-4-2-5-19(14-18)16-27-8-3-7-24-27;/h2-5,7-8,14,20H,6,9-13,15-17H2,1H3,(H,22,23);1H. The minimum atomic E-state index is 0. The van der Waals surface area contributed by atoms with E-state index in [0.29, 0.717) is 6.04 Å². The van der Waals surface area contributed by atoms with Crippen molar-refractivity contribution in [2.24, 2.45) is 4.99 Å². The molecule has 29 heavy (non-hydrogen) atoms. The third kappa shape index (κ3) is 5.93. The van der Waals surface area contributed by atoms with Crippen molar-refractivity contribution in [2.75, 3.05) is 46.4 Å². The van der Waals surface area contributed by atoms with Crippen LogP contribution in [0, 0.1) is 0 Å². The first-order valence-corrected chi connectivity index (χ1v) is 10.1. The van der Waals surface area contributed by atoms with Crippen molar-refractivity contribution in [1.29, 1.82) is 0 Å². The largest absolute Gasteiger partial charge is 0.379 e. The van der Waals surface area contributed by atoms with Crippen LogP contribution in [0.15, 0.2) is 47.7 Å². The van der Waals surface area contributed by atoms with E-state index in [4.69, 9.17) is 4.74 Å². The molecule has 8 heteroatoms. The smallest absolute Gasteiger partial charge is 0.193 e. The molecule has 1 aromatic heterocycles. The molecule has 1 unspecified atom stereocenters. The zero-order valence-corrected chi connectivity index (χ0v) is 19.4. The highest BCUT2D eigenvalue weighted by molar-refractivity contribution is 14.0. The summed E-state index contributed by atoms with van der Waals surface area (Å²) in [6.45, 7) is 7.49. The number of morpholine rings is 1. The maximum absolute atomic E-state index is 5.49. The van der Waals surface area contributed by atoms with E-state index in [-0.39, 0.29) is 24.0 Å². The number of aromatic nitrogens is 2. The average molecular weight is 510 g/mol. The van der Waals surface area contributed by atoms with Crippen molar-refractivity contribution in [3.63, 3.8) is 0 Å². The molecule has 1 aromatic carbocycles. The normalized spacial score (nSPS) is 20.5. The summed E-state index contributed by atoms with van der Waals surface area (Å²) in [6, 6.07) is 11.2. The van der Waals surface area contributed by atoms with Crippen molar-refractivity contribution in [3.05, 3.63) is 53.9 Å². The summed E-state index contributed by atoms with van der Waals surface area (Å²) in [6.07, 6.45) is 5.00. The van der Waals surface area contributed by atoms with Crippen LogP contribution >= 0.6 is 24.0 Å². The van der Waals surface area contributed by atoms with E-state index >= 15 is 0 Å². The van der Waals surface area contributed by atoms with E-state index in [9.17, 15) is 0 Å². The Kier molecular flexibility index (Phi) is 8.31. The molecule has 4 rings (SSSR count). The van der Waals surface area contributed by atoms with Crippen LogP contribution in [0.4, 0.5) is 0 Å². The van der Waals surface area contributed by atoms with Crippen LogP contribution in [0.5, 0.6) is 0 Å². The van der Waals surface area contributed by atoms with Gasteiger partial charge in [-0.3, -0.25) is 14.6 Å². The molecule has 2 aliphatic heterocycles. The Hall–Kier alpha value is -1.65. The van der Waals surface area contributed by atoms with Crippen LogP contribution in [-0.2, 0) is 17.8 Å². The molecule has 1 atom stereocenters. The van der Waals surface area contributed by atoms with Crippen LogP contribution in [0.1, 0.15) is 17.5 Å². The SMILES string of the molecule is CN=C(NCc1cccc(Cn2cccn2)c1)N1CCC(N2CCOCC2)C1.I. The van der Waals surface area contributed by atoms with Crippen LogP contribution in [0.2, 0.25) is 0 Å². The van der Waals surface area contributed by atoms with Gasteiger partial charge in [0.2, 0.25) is 0 Å². The second-order valence-electron chi connectivity index (χ2n) is 7.46. The molecule has 1 N–H and O–H groups in total. The maximum Gasteiger partial charge on any atom is 0.193 e. The highest BCUT2D eigenvalue weighted by Crippen LogP contribution is 2.17. The number of hydrogen-bond donors (Lipinski definition) is 1. The molecule has 0 saturated carbocycles. The molecule has 2 aromatic rings. The van der Waals surface area contributed by atoms with Gasteiger partial charge in [0.25, 0.3) is 0 Å². The van der Waals surface area contributed by atoms with Gasteiger partial charge in [0.05, 0.1) is 19.8 Å². The molecule has 7 nitrogen and oxygen atoms in total. The van der Waals surface area contributed by atoms with Crippen molar-refractivity contribution in [3.8, 4) is 0 Å². The Labute approximate surface area is 190 Å². The summed E-state index contributed by atoms with van der Waals surface area (Å²) in [4.78, 5) is 9.47. The van der Waals surface area contributed by atoms with Gasteiger partial charge >= 0.3 is 0 Å². The van der Waals surface area contributed by atoms with E-state index < -0.39 is 0 Å². The van der Waals surface area contributed by atoms with Gasteiger partial charge in [0.15, 0.2) is 5.96 Å². The third-order valence-electron chi connectivity index (χ3n) is 5.58. The lowest BCUT2D eigenvalue weighted by Crippen LogP contribution is -2.46. The van der Waals surface area contributed by atoms with Gasteiger partial charge < -0.3 is 15.0 Å². The first-order valence-electron chi connectivity index (χ1n) is 10.1. The zero-order chi connectivity index (χ0) is 19.2. The number of nitrogens with one attached hydrogen (secondary N) is 1. The first-order chi connectivity index (χ1) is 13.8. The van der Waals surface area contributed by atoms with Crippen molar-refractivity contribution in [2.45, 2.75) is 25.6 Å². The summed E-state index contributed by atoms with van der Waals surface area (Å²) in [5.41, 5.74) is 2.52. The van der Waals surface area contributed by atoms with Crippen molar-refractivity contribution >= 4 is 29.9 Å². The highest BCUT2D eigenvalue weighted by atomic mass is 127. The van der Waals surface area contributed by atoms with Gasteiger partial charge in [-0.25, -0.2) is 0 Å². The van der Waals surface area contributed by atoms with Gasteiger partial charge in [-0.15, -0.1) is 24.0 Å². The summed E-state index contributed by atoms with van der Waals surface area (Å²) in [5.74, 6) is 0.994. The van der Waals surface area contributed by atoms with Crippen LogP contribution in [0.3, 0.4) is 0 Å². The van der Waals surface area contributed by atoms with E-state index in [1.54, 1.807) is 0 Å². The number of aliphatic imine (C=N–C) groups is 1. The maximum atomic E-state index is 5.49. The van der Waals surface area contributed by atoms with E-state index in [0.717, 1.165) is 58.4 Å². The molecular formula is C21H31IN6O. The van der Waals surface area contributed by atoms with Crippen molar-refractivity contribution < 1.29 is 4.74 Å². The fourth-order valence-electron chi connectivity index (χ4n) is 4.11. The Morgan fingerprint density at radius 2 is 2.03 bits per heavy atom. The Balaban J connectivity index is 0.00000240. The van der Waals surface area contributed by atoms with Gasteiger partial charge in [-0.05, 0) is 23.6 Å². The topological polar surface area (TPSA) is 57.9 Å². The second kappa shape index (κ2) is 10.9. The number of ether oxygens (including phenoxy) is 1. The lowest BCUT2D eigenvalue weighted by molar-refractivity contribution is 0.0195. The van der Waals surface area contributed by atoms with Gasteiger partial charge in [0, 0.05) is 58.2 Å². The lowest BCUT2D eigenvalue weighted by Gasteiger charge is -2.32. The third-order valence-corrected chi connectivity index (χ3v) is 5.58. The van der Waals surface area contributed by atoms with E-state index in [1.165, 1.54) is 17.5 Å². The fourth-order valence-corrected chi connectivity index (χ4v) is 4.11. The molecule has 2 aliphatic rings. The molecule has 0 amide bonds. The van der Waals surface area contributed by atoms with E-state index in [2.05, 4.69) is 49.5 Å². The van der Waals surface area contributed by atoms with Crippen molar-refractivity contribution in [1.82, 2.24) is 24.9 Å². The van der Waals surface area contributed by atoms with Crippen LogP contribution in [0.25, 0.3) is 0 Å². The fraction of sp³-hybridized carbons (Fsp3) is 0.524. The zero-order valence-electron chi connectivity index (χ0n) is 17.0. The second-order valence-corrected chi connectivity index (χ2v) is 7.46. The number of likely N-dealkylation sites (tertiary alicyclic amines) is 1. The van der Waals surface area contributed by atoms with Gasteiger partial charge in [0.1, 0.15) is 0 Å². The summed E-state index contributed by atoms with van der Waals surface area (Å²) in [7, 11) is 1.87. The highest BCUT2D eigenvalue weighted by Gasteiger charge is 2.30. The van der Waals surface area contributed by atoms with Gasteiger partial charge in [-0.1, -0.05) is 24.3 Å². The molecule has 0 bridgehead atoms. The molecule has 0 aliphatic carbocycles. The number of rotatable bonds is 5. The average Bonchev–Trinajstić information content (AvgIpc) is 3.42. The molecule has 2 saturated heterocycles. The Morgan fingerprint density at radius 3 is 2.79 bits per heavy atom.